The predicted octanol–water partition coefficient (Wildman–Crippen LogP) is 2.64. The number of anilines is 1. The second kappa shape index (κ2) is 6.87. The molecule has 116 valence electrons. The van der Waals surface area contributed by atoms with E-state index in [0.717, 1.165) is 18.6 Å². The number of hydrogen-bond donors (Lipinski definition) is 1. The van der Waals surface area contributed by atoms with Gasteiger partial charge in [-0.25, -0.2) is 0 Å². The van der Waals surface area contributed by atoms with Gasteiger partial charge in [-0.2, -0.15) is 0 Å². The van der Waals surface area contributed by atoms with Gasteiger partial charge >= 0.3 is 0 Å². The minimum absolute atomic E-state index is 0.137. The smallest absolute Gasteiger partial charge is 0.292 e. The van der Waals surface area contributed by atoms with Crippen LogP contribution in [0.5, 0.6) is 0 Å². The molecule has 1 aliphatic heterocycles. The van der Waals surface area contributed by atoms with E-state index in [1.54, 1.807) is 12.1 Å². The highest BCUT2D eigenvalue weighted by Crippen LogP contribution is 2.27. The zero-order valence-electron chi connectivity index (χ0n) is 12.8. The van der Waals surface area contributed by atoms with Gasteiger partial charge in [0.15, 0.2) is 0 Å². The van der Waals surface area contributed by atoms with Gasteiger partial charge in [0.2, 0.25) is 0 Å². The van der Waals surface area contributed by atoms with Gasteiger partial charge in [-0.3, -0.25) is 15.0 Å². The van der Waals surface area contributed by atoms with Crippen LogP contribution < -0.4 is 5.32 Å². The Morgan fingerprint density at radius 2 is 2.29 bits per heavy atom. The van der Waals surface area contributed by atoms with Crippen LogP contribution in [0.3, 0.4) is 0 Å². The maximum atomic E-state index is 11.2. The summed E-state index contributed by atoms with van der Waals surface area (Å²) in [5.41, 5.74) is 1.66. The summed E-state index contributed by atoms with van der Waals surface area (Å²) in [6.45, 7) is 6.14. The topological polar surface area (TPSA) is 67.6 Å². The monoisotopic (exact) mass is 293 g/mol. The zero-order valence-corrected chi connectivity index (χ0v) is 12.8. The van der Waals surface area contributed by atoms with E-state index in [-0.39, 0.29) is 16.7 Å². The molecule has 6 nitrogen and oxygen atoms in total. The zero-order chi connectivity index (χ0) is 15.4. The molecule has 21 heavy (non-hydrogen) atoms. The van der Waals surface area contributed by atoms with Crippen molar-refractivity contribution < 1.29 is 9.66 Å². The number of ether oxygens (including phenoxy) is 1. The highest BCUT2D eigenvalue weighted by molar-refractivity contribution is 5.62. The molecular weight excluding hydrogens is 270 g/mol. The van der Waals surface area contributed by atoms with Crippen LogP contribution in [0.15, 0.2) is 18.2 Å². The van der Waals surface area contributed by atoms with E-state index < -0.39 is 0 Å². The van der Waals surface area contributed by atoms with Crippen LogP contribution in [-0.4, -0.2) is 42.2 Å². The summed E-state index contributed by atoms with van der Waals surface area (Å²) in [5, 5.41) is 14.2. The Labute approximate surface area is 125 Å². The Kier molecular flexibility index (Phi) is 5.14. The van der Waals surface area contributed by atoms with Gasteiger partial charge in [0, 0.05) is 31.8 Å². The summed E-state index contributed by atoms with van der Waals surface area (Å²) in [4.78, 5) is 13.1. The van der Waals surface area contributed by atoms with Crippen LogP contribution in [-0.2, 0) is 11.3 Å². The van der Waals surface area contributed by atoms with Crippen molar-refractivity contribution in [3.05, 3.63) is 33.9 Å². The van der Waals surface area contributed by atoms with Crippen molar-refractivity contribution in [2.45, 2.75) is 39.0 Å². The molecule has 1 aromatic carbocycles. The number of rotatable bonds is 6. The molecule has 0 spiro atoms. The van der Waals surface area contributed by atoms with Crippen LogP contribution >= 0.6 is 0 Å². The van der Waals surface area contributed by atoms with Crippen molar-refractivity contribution >= 4 is 11.4 Å². The quantitative estimate of drug-likeness (QED) is 0.645. The van der Waals surface area contributed by atoms with Crippen LogP contribution in [0.25, 0.3) is 0 Å². The van der Waals surface area contributed by atoms with Crippen LogP contribution in [0.4, 0.5) is 11.4 Å². The van der Waals surface area contributed by atoms with Gasteiger partial charge in [-0.15, -0.1) is 0 Å². The maximum absolute atomic E-state index is 11.2. The number of nitrogens with zero attached hydrogens (tertiary/aromatic N) is 2. The minimum atomic E-state index is -0.331. The number of nitro groups is 1. The van der Waals surface area contributed by atoms with Crippen molar-refractivity contribution in [3.63, 3.8) is 0 Å². The molecule has 1 aromatic rings. The minimum Gasteiger partial charge on any atom is -0.380 e. The second-order valence-corrected chi connectivity index (χ2v) is 5.49. The van der Waals surface area contributed by atoms with Gasteiger partial charge in [0.25, 0.3) is 5.69 Å². The lowest BCUT2D eigenvalue weighted by molar-refractivity contribution is -0.384. The average molecular weight is 293 g/mol. The fourth-order valence-electron chi connectivity index (χ4n) is 2.87. The van der Waals surface area contributed by atoms with E-state index in [1.165, 1.54) is 0 Å². The lowest BCUT2D eigenvalue weighted by atomic mass is 10.1. The largest absolute Gasteiger partial charge is 0.380 e. The van der Waals surface area contributed by atoms with E-state index in [0.29, 0.717) is 24.8 Å². The average Bonchev–Trinajstić information content (AvgIpc) is 2.87. The molecule has 1 aliphatic rings. The third-order valence-corrected chi connectivity index (χ3v) is 3.96. The highest BCUT2D eigenvalue weighted by atomic mass is 16.6. The Bertz CT molecular complexity index is 507. The molecule has 6 heteroatoms. The molecule has 0 aromatic heterocycles. The molecule has 1 N–H and O–H groups in total. The van der Waals surface area contributed by atoms with E-state index >= 15 is 0 Å². The first-order chi connectivity index (χ1) is 10.0. The highest BCUT2D eigenvalue weighted by Gasteiger charge is 2.28. The second-order valence-electron chi connectivity index (χ2n) is 5.49. The molecule has 1 saturated heterocycles. The summed E-state index contributed by atoms with van der Waals surface area (Å²) in [5.74, 6) is 0. The van der Waals surface area contributed by atoms with Crippen molar-refractivity contribution in [1.82, 2.24) is 4.90 Å². The number of nitro benzene ring substituents is 1. The van der Waals surface area contributed by atoms with Crippen LogP contribution in [0, 0.1) is 10.1 Å². The first kappa shape index (κ1) is 15.7. The number of benzene rings is 1. The molecule has 2 unspecified atom stereocenters. The van der Waals surface area contributed by atoms with Gasteiger partial charge in [0.05, 0.1) is 11.0 Å². The van der Waals surface area contributed by atoms with Crippen LogP contribution in [0.2, 0.25) is 0 Å². The van der Waals surface area contributed by atoms with Gasteiger partial charge in [-0.05, 0) is 38.9 Å². The molecule has 1 fully saturated rings. The number of nitrogens with one attached hydrogen (secondary N) is 1. The van der Waals surface area contributed by atoms with Gasteiger partial charge in [-0.1, -0.05) is 6.07 Å². The van der Waals surface area contributed by atoms with E-state index in [1.807, 2.05) is 20.0 Å². The Morgan fingerprint density at radius 1 is 1.52 bits per heavy atom. The van der Waals surface area contributed by atoms with Crippen molar-refractivity contribution in [1.29, 1.82) is 0 Å². The number of likely N-dealkylation sites (N-methyl/N-ethyl adjacent to an activating group) is 1. The molecule has 1 heterocycles. The lowest BCUT2D eigenvalue weighted by Crippen LogP contribution is -2.36. The van der Waals surface area contributed by atoms with E-state index in [9.17, 15) is 10.1 Å². The summed E-state index contributed by atoms with van der Waals surface area (Å²) in [6.07, 6.45) is 1.22. The summed E-state index contributed by atoms with van der Waals surface area (Å²) in [7, 11) is 2.04. The Balaban J connectivity index is 2.13. The van der Waals surface area contributed by atoms with Crippen molar-refractivity contribution in [2.75, 3.05) is 25.5 Å². The summed E-state index contributed by atoms with van der Waals surface area (Å²) < 4.78 is 5.58. The maximum Gasteiger partial charge on any atom is 0.292 e. The molecule has 2 atom stereocenters. The van der Waals surface area contributed by atoms with E-state index in [4.69, 9.17) is 4.74 Å². The molecule has 0 aliphatic carbocycles. The molecule has 0 bridgehead atoms. The molecule has 2 rings (SSSR count). The first-order valence-electron chi connectivity index (χ1n) is 7.36. The third-order valence-electron chi connectivity index (χ3n) is 3.96. The van der Waals surface area contributed by atoms with Gasteiger partial charge in [0.1, 0.15) is 5.69 Å². The number of hydrogen-bond acceptors (Lipinski definition) is 5. The predicted molar refractivity (Wildman–Crippen MR) is 82.5 cm³/mol. The molecule has 0 amide bonds. The summed E-state index contributed by atoms with van der Waals surface area (Å²) >= 11 is 0. The normalized spacial score (nSPS) is 21.7. The Morgan fingerprint density at radius 3 is 2.86 bits per heavy atom. The first-order valence-corrected chi connectivity index (χ1v) is 7.36. The molecule has 0 saturated carbocycles. The summed E-state index contributed by atoms with van der Waals surface area (Å²) in [6, 6.07) is 5.77. The van der Waals surface area contributed by atoms with Crippen molar-refractivity contribution in [3.8, 4) is 0 Å². The molecule has 0 radical (unpaired) electrons. The standard InChI is InChI=1S/C15H23N3O3/c1-4-16-13-6-5-12(9-15(13)18(19)20)10-17(3)14-7-8-21-11(14)2/h5-6,9,11,14,16H,4,7-8,10H2,1-3H3. The fourth-order valence-corrected chi connectivity index (χ4v) is 2.87. The van der Waals surface area contributed by atoms with Crippen LogP contribution in [0.1, 0.15) is 25.8 Å². The molecular formula is C15H23N3O3. The van der Waals surface area contributed by atoms with Crippen molar-refractivity contribution in [2.24, 2.45) is 0 Å². The lowest BCUT2D eigenvalue weighted by Gasteiger charge is -2.26. The van der Waals surface area contributed by atoms with Gasteiger partial charge < -0.3 is 10.1 Å². The SMILES string of the molecule is CCNc1ccc(CN(C)C2CCOC2C)cc1[N+](=O)[O-]. The Hall–Kier alpha value is -1.66. The fraction of sp³-hybridized carbons (Fsp3) is 0.600. The van der Waals surface area contributed by atoms with E-state index in [2.05, 4.69) is 17.1 Å². The third kappa shape index (κ3) is 3.71.